The van der Waals surface area contributed by atoms with Crippen molar-refractivity contribution < 1.29 is 66.9 Å². The monoisotopic (exact) mass is 414 g/mol. The van der Waals surface area contributed by atoms with E-state index < -0.39 is 23.9 Å². The van der Waals surface area contributed by atoms with Gasteiger partial charge in [0.05, 0.1) is 0 Å². The van der Waals surface area contributed by atoms with Gasteiger partial charge in [-0.1, -0.05) is 0 Å². The average molecular weight is 413 g/mol. The van der Waals surface area contributed by atoms with Gasteiger partial charge in [0.15, 0.2) is 0 Å². The van der Waals surface area contributed by atoms with E-state index in [4.69, 9.17) is 51.1 Å². The van der Waals surface area contributed by atoms with Gasteiger partial charge in [0.25, 0.3) is 23.9 Å². The van der Waals surface area contributed by atoms with E-state index in [1.807, 2.05) is 0 Å². The minimum atomic E-state index is -0.833. The molecule has 0 saturated carbocycles. The van der Waals surface area contributed by atoms with Crippen molar-refractivity contribution >= 4 is 23.9 Å². The normalized spacial score (nSPS) is 6.19. The molecule has 0 radical (unpaired) electrons. The first-order chi connectivity index (χ1) is 8.84. The van der Waals surface area contributed by atoms with Gasteiger partial charge in [0.1, 0.15) is 0 Å². The van der Waals surface area contributed by atoms with Gasteiger partial charge in [-0.3, -0.25) is 19.2 Å². The summed E-state index contributed by atoms with van der Waals surface area (Å²) >= 11 is 0. The van der Waals surface area contributed by atoms with Gasteiger partial charge in [0.2, 0.25) is 0 Å². The zero-order chi connectivity index (χ0) is 17.7. The average Bonchev–Trinajstić information content (AvgIpc) is 2.13. The number of nitrogens with two attached hydrogens (primary N) is 2. The number of carbonyl (C=O) groups is 4. The third-order valence-electron chi connectivity index (χ3n) is 0.167. The summed E-state index contributed by atoms with van der Waals surface area (Å²) in [7, 11) is 0. The topological polar surface area (TPSA) is 201 Å². The summed E-state index contributed by atoms with van der Waals surface area (Å²) in [5.41, 5.74) is 9.81. The van der Waals surface area contributed by atoms with Gasteiger partial charge in [0, 0.05) is 68.1 Å². The van der Waals surface area contributed by atoms with Crippen molar-refractivity contribution in [2.24, 2.45) is 11.5 Å². The zero-order valence-corrected chi connectivity index (χ0v) is 16.7. The van der Waals surface area contributed by atoms with Gasteiger partial charge in [-0.2, -0.15) is 0 Å². The van der Waals surface area contributed by atoms with Crippen LogP contribution in [-0.4, -0.2) is 57.4 Å². The molecule has 0 amide bonds. The Morgan fingerprint density at radius 2 is 0.667 bits per heavy atom. The first-order valence-corrected chi connectivity index (χ1v) is 5.03. The van der Waals surface area contributed by atoms with E-state index in [0.29, 0.717) is 13.1 Å². The number of hydrogen-bond donors (Lipinski definition) is 6. The van der Waals surface area contributed by atoms with Crippen LogP contribution in [0.4, 0.5) is 0 Å². The largest absolute Gasteiger partial charge is 0.481 e. The molecule has 0 atom stereocenters. The maximum atomic E-state index is 9.00. The predicted octanol–water partition coefficient (Wildman–Crippen LogP) is -0.735. The van der Waals surface area contributed by atoms with Crippen molar-refractivity contribution in [3.63, 3.8) is 0 Å². The number of aliphatic carboxylic acids is 4. The first kappa shape index (κ1) is 36.7. The Hall–Kier alpha value is -1.28. The second-order valence-electron chi connectivity index (χ2n) is 2.65. The van der Waals surface area contributed by atoms with Crippen LogP contribution in [0.3, 0.4) is 0 Å². The van der Waals surface area contributed by atoms with Crippen LogP contribution in [-0.2, 0) is 46.5 Å². The van der Waals surface area contributed by atoms with Crippen LogP contribution in [0.15, 0.2) is 0 Å². The number of hydrogen-bond acceptors (Lipinski definition) is 6. The summed E-state index contributed by atoms with van der Waals surface area (Å²) in [4.78, 5) is 36.0. The number of carboxylic acids is 4. The fraction of sp³-hybridized carbons (Fsp3) is 0.600. The molecule has 11 heteroatoms. The van der Waals surface area contributed by atoms with Gasteiger partial charge in [-0.25, -0.2) is 0 Å². The smallest absolute Gasteiger partial charge is 0.300 e. The van der Waals surface area contributed by atoms with Crippen molar-refractivity contribution in [3.8, 4) is 0 Å². The molecule has 21 heavy (non-hydrogen) atoms. The molecule has 0 heterocycles. The molecule has 0 rings (SSSR count). The van der Waals surface area contributed by atoms with Crippen LogP contribution in [0.5, 0.6) is 0 Å². The summed E-state index contributed by atoms with van der Waals surface area (Å²) in [6.45, 7) is 5.53. The van der Waals surface area contributed by atoms with Crippen LogP contribution in [0.1, 0.15) is 27.7 Å². The van der Waals surface area contributed by atoms with Crippen LogP contribution in [0.2, 0.25) is 0 Å². The van der Waals surface area contributed by atoms with Crippen molar-refractivity contribution in [2.45, 2.75) is 27.7 Å². The van der Waals surface area contributed by atoms with Gasteiger partial charge in [-0.05, 0) is 0 Å². The van der Waals surface area contributed by atoms with E-state index in [1.165, 1.54) is 0 Å². The molecule has 0 aromatic rings. The van der Waals surface area contributed by atoms with Crippen molar-refractivity contribution in [1.29, 1.82) is 0 Å². The molecule has 0 aliphatic rings. The molecule has 124 valence electrons. The maximum absolute atomic E-state index is 9.00. The molecular weight excluding hydrogens is 389 g/mol. The van der Waals surface area contributed by atoms with Crippen molar-refractivity contribution in [2.75, 3.05) is 13.1 Å². The molecule has 0 unspecified atom stereocenters. The van der Waals surface area contributed by atoms with E-state index in [1.54, 1.807) is 0 Å². The Kier molecular flexibility index (Phi) is 63.5. The summed E-state index contributed by atoms with van der Waals surface area (Å²) < 4.78 is 0. The van der Waals surface area contributed by atoms with Crippen LogP contribution < -0.4 is 11.5 Å². The second-order valence-corrected chi connectivity index (χ2v) is 2.65. The molecule has 0 bridgehead atoms. The molecule has 8 N–H and O–H groups in total. The Bertz CT molecular complexity index is 195. The number of carboxylic acid groups (broad SMARTS) is 4. The molecule has 0 saturated heterocycles. The van der Waals surface area contributed by atoms with E-state index in [-0.39, 0.29) is 27.3 Å². The Balaban J connectivity index is -0.0000000331. The molecule has 0 aliphatic heterocycles. The van der Waals surface area contributed by atoms with Gasteiger partial charge in [-0.15, -0.1) is 0 Å². The van der Waals surface area contributed by atoms with Gasteiger partial charge >= 0.3 is 0 Å². The molecule has 10 nitrogen and oxygen atoms in total. The van der Waals surface area contributed by atoms with E-state index >= 15 is 0 Å². The molecular formula is C10H24CdN2O8. The summed E-state index contributed by atoms with van der Waals surface area (Å²) in [5.74, 6) is -3.33. The van der Waals surface area contributed by atoms with E-state index in [0.717, 1.165) is 27.7 Å². The van der Waals surface area contributed by atoms with E-state index in [9.17, 15) is 0 Å². The van der Waals surface area contributed by atoms with Crippen LogP contribution >= 0.6 is 0 Å². The Labute approximate surface area is 143 Å². The minimum Gasteiger partial charge on any atom is -0.481 e. The predicted molar refractivity (Wildman–Crippen MR) is 71.3 cm³/mol. The number of rotatable bonds is 1. The van der Waals surface area contributed by atoms with Crippen LogP contribution in [0, 0.1) is 0 Å². The standard InChI is InChI=1S/C2H8N2.4C2H4O2.Cd/c3-1-2-4;4*1-2(3)4;/h1-4H2;4*1H3,(H,3,4);. The quantitative estimate of drug-likeness (QED) is 0.298. The van der Waals surface area contributed by atoms with Crippen LogP contribution in [0.25, 0.3) is 0 Å². The molecule has 0 aliphatic carbocycles. The molecule has 0 aromatic heterocycles. The minimum absolute atomic E-state index is 0. The summed E-state index contributed by atoms with van der Waals surface area (Å²) in [6.07, 6.45) is 0. The first-order valence-electron chi connectivity index (χ1n) is 5.03. The van der Waals surface area contributed by atoms with Crippen molar-refractivity contribution in [3.05, 3.63) is 0 Å². The third kappa shape index (κ3) is 67800. The molecule has 0 fully saturated rings. The Morgan fingerprint density at radius 1 is 0.619 bits per heavy atom. The Morgan fingerprint density at radius 3 is 0.667 bits per heavy atom. The summed E-state index contributed by atoms with van der Waals surface area (Å²) in [6, 6.07) is 0. The van der Waals surface area contributed by atoms with E-state index in [2.05, 4.69) is 0 Å². The molecule has 0 spiro atoms. The zero-order valence-electron chi connectivity index (χ0n) is 12.7. The maximum Gasteiger partial charge on any atom is 0.300 e. The fourth-order valence-electron chi connectivity index (χ4n) is 0. The SMILES string of the molecule is CC(=O)O.CC(=O)O.CC(=O)O.CC(=O)O.NCCN.[Cd]. The second kappa shape index (κ2) is 36.3. The van der Waals surface area contributed by atoms with Gasteiger partial charge < -0.3 is 31.9 Å². The summed E-state index contributed by atoms with van der Waals surface area (Å²) in [5, 5.41) is 29.7. The fourth-order valence-corrected chi connectivity index (χ4v) is 0. The molecule has 0 aromatic carbocycles. The van der Waals surface area contributed by atoms with Crippen molar-refractivity contribution in [1.82, 2.24) is 0 Å². The third-order valence-corrected chi connectivity index (χ3v) is 0.167.